The smallest absolute Gasteiger partial charge is 0.276 e. The lowest BCUT2D eigenvalue weighted by atomic mass is 10.2. The SMILES string of the molecule is Cc1oc(-c2ccccc2)nc1C(=O)N1CCCC1c1nc2ccccc2s1. The van der Waals surface area contributed by atoms with Crippen LogP contribution in [0.5, 0.6) is 0 Å². The molecule has 1 aliphatic heterocycles. The number of oxazole rings is 1. The number of thiazole rings is 1. The van der Waals surface area contributed by atoms with Crippen LogP contribution in [0.1, 0.15) is 40.1 Å². The van der Waals surface area contributed by atoms with E-state index >= 15 is 0 Å². The van der Waals surface area contributed by atoms with E-state index in [0.717, 1.165) is 33.6 Å². The summed E-state index contributed by atoms with van der Waals surface area (Å²) in [5, 5.41) is 0.997. The Labute approximate surface area is 166 Å². The van der Waals surface area contributed by atoms with Crippen molar-refractivity contribution in [3.05, 3.63) is 71.1 Å². The summed E-state index contributed by atoms with van der Waals surface area (Å²) in [6.45, 7) is 2.52. The van der Waals surface area contributed by atoms with Crippen LogP contribution in [0.15, 0.2) is 59.0 Å². The van der Waals surface area contributed by atoms with E-state index in [1.165, 1.54) is 0 Å². The third-order valence-electron chi connectivity index (χ3n) is 5.13. The molecule has 0 aliphatic carbocycles. The molecule has 1 saturated heterocycles. The van der Waals surface area contributed by atoms with E-state index in [1.54, 1.807) is 18.3 Å². The van der Waals surface area contributed by atoms with Gasteiger partial charge in [-0.05, 0) is 44.0 Å². The van der Waals surface area contributed by atoms with Gasteiger partial charge in [-0.15, -0.1) is 11.3 Å². The summed E-state index contributed by atoms with van der Waals surface area (Å²) in [5.41, 5.74) is 2.26. The number of aryl methyl sites for hydroxylation is 1. The second-order valence-electron chi connectivity index (χ2n) is 6.97. The van der Waals surface area contributed by atoms with Gasteiger partial charge < -0.3 is 9.32 Å². The third-order valence-corrected chi connectivity index (χ3v) is 6.27. The molecule has 1 unspecified atom stereocenters. The number of carbonyl (C=O) groups is 1. The average molecular weight is 389 g/mol. The molecule has 3 heterocycles. The number of hydrogen-bond donors (Lipinski definition) is 0. The highest BCUT2D eigenvalue weighted by atomic mass is 32.1. The van der Waals surface area contributed by atoms with Crippen molar-refractivity contribution in [1.82, 2.24) is 14.9 Å². The number of rotatable bonds is 3. The molecule has 1 fully saturated rings. The second-order valence-corrected chi connectivity index (χ2v) is 8.03. The number of likely N-dealkylation sites (tertiary alicyclic amines) is 1. The van der Waals surface area contributed by atoms with Gasteiger partial charge in [0, 0.05) is 12.1 Å². The van der Waals surface area contributed by atoms with E-state index in [9.17, 15) is 4.79 Å². The maximum atomic E-state index is 13.3. The fourth-order valence-corrected chi connectivity index (χ4v) is 4.85. The minimum atomic E-state index is -0.0785. The number of aromatic nitrogens is 2. The highest BCUT2D eigenvalue weighted by Gasteiger charge is 2.35. The number of fused-ring (bicyclic) bond motifs is 1. The van der Waals surface area contributed by atoms with Crippen LogP contribution < -0.4 is 0 Å². The number of hydrogen-bond acceptors (Lipinski definition) is 5. The zero-order valence-electron chi connectivity index (χ0n) is 15.5. The third kappa shape index (κ3) is 2.90. The van der Waals surface area contributed by atoms with Gasteiger partial charge in [-0.1, -0.05) is 30.3 Å². The van der Waals surface area contributed by atoms with Crippen LogP contribution in [0.25, 0.3) is 21.7 Å². The van der Waals surface area contributed by atoms with Gasteiger partial charge in [-0.25, -0.2) is 9.97 Å². The molecule has 2 aromatic carbocycles. The lowest BCUT2D eigenvalue weighted by Gasteiger charge is -2.22. The molecular weight excluding hydrogens is 370 g/mol. The first-order chi connectivity index (χ1) is 13.7. The number of amides is 1. The van der Waals surface area contributed by atoms with Crippen LogP contribution in [-0.4, -0.2) is 27.3 Å². The maximum Gasteiger partial charge on any atom is 0.276 e. The Morgan fingerprint density at radius 1 is 1.11 bits per heavy atom. The Balaban J connectivity index is 1.47. The van der Waals surface area contributed by atoms with E-state index in [1.807, 2.05) is 53.4 Å². The largest absolute Gasteiger partial charge is 0.441 e. The molecule has 0 N–H and O–H groups in total. The monoisotopic (exact) mass is 389 g/mol. The number of para-hydroxylation sites is 1. The molecule has 0 spiro atoms. The molecule has 0 radical (unpaired) electrons. The van der Waals surface area contributed by atoms with Crippen LogP contribution >= 0.6 is 11.3 Å². The summed E-state index contributed by atoms with van der Waals surface area (Å²) in [5.74, 6) is 0.959. The summed E-state index contributed by atoms with van der Waals surface area (Å²) in [4.78, 5) is 24.5. The van der Waals surface area contributed by atoms with Crippen LogP contribution in [0.2, 0.25) is 0 Å². The van der Waals surface area contributed by atoms with Crippen LogP contribution in [-0.2, 0) is 0 Å². The minimum Gasteiger partial charge on any atom is -0.441 e. The van der Waals surface area contributed by atoms with Gasteiger partial charge in [0.1, 0.15) is 10.8 Å². The fourth-order valence-electron chi connectivity index (χ4n) is 3.73. The Morgan fingerprint density at radius 2 is 1.89 bits per heavy atom. The van der Waals surface area contributed by atoms with Crippen molar-refractivity contribution >= 4 is 27.5 Å². The molecule has 5 nitrogen and oxygen atoms in total. The Kier molecular flexibility index (Phi) is 4.20. The van der Waals surface area contributed by atoms with E-state index in [2.05, 4.69) is 11.1 Å². The predicted molar refractivity (Wildman–Crippen MR) is 109 cm³/mol. The van der Waals surface area contributed by atoms with Crippen LogP contribution in [0, 0.1) is 6.92 Å². The van der Waals surface area contributed by atoms with Crippen molar-refractivity contribution in [2.45, 2.75) is 25.8 Å². The highest BCUT2D eigenvalue weighted by molar-refractivity contribution is 7.18. The van der Waals surface area contributed by atoms with Gasteiger partial charge in [0.2, 0.25) is 5.89 Å². The number of nitrogens with zero attached hydrogens (tertiary/aromatic N) is 3. The Hall–Kier alpha value is -2.99. The molecule has 0 bridgehead atoms. The van der Waals surface area contributed by atoms with Crippen LogP contribution in [0.4, 0.5) is 0 Å². The molecule has 1 amide bonds. The van der Waals surface area contributed by atoms with Crippen molar-refractivity contribution < 1.29 is 9.21 Å². The second kappa shape index (κ2) is 6.87. The molecule has 1 atom stereocenters. The van der Waals surface area contributed by atoms with Crippen molar-refractivity contribution in [3.8, 4) is 11.5 Å². The lowest BCUT2D eigenvalue weighted by molar-refractivity contribution is 0.0728. The van der Waals surface area contributed by atoms with Gasteiger partial charge in [0.25, 0.3) is 5.91 Å². The van der Waals surface area contributed by atoms with Crippen molar-refractivity contribution in [1.29, 1.82) is 0 Å². The number of benzene rings is 2. The average Bonchev–Trinajstić information content (AvgIpc) is 3.45. The molecule has 2 aromatic heterocycles. The summed E-state index contributed by atoms with van der Waals surface area (Å²) in [6, 6.07) is 17.8. The number of carbonyl (C=O) groups excluding carboxylic acids is 1. The van der Waals surface area contributed by atoms with Crippen molar-refractivity contribution in [2.24, 2.45) is 0 Å². The Bertz CT molecular complexity index is 1120. The Morgan fingerprint density at radius 3 is 2.71 bits per heavy atom. The van der Waals surface area contributed by atoms with Gasteiger partial charge in [-0.2, -0.15) is 0 Å². The molecular formula is C22H19N3O2S. The topological polar surface area (TPSA) is 59.2 Å². The van der Waals surface area contributed by atoms with Gasteiger partial charge in [0.05, 0.1) is 16.3 Å². The quantitative estimate of drug-likeness (QED) is 0.481. The highest BCUT2D eigenvalue weighted by Crippen LogP contribution is 2.37. The first-order valence-electron chi connectivity index (χ1n) is 9.40. The molecule has 4 aromatic rings. The van der Waals surface area contributed by atoms with Crippen LogP contribution in [0.3, 0.4) is 0 Å². The molecule has 5 rings (SSSR count). The zero-order chi connectivity index (χ0) is 19.1. The van der Waals surface area contributed by atoms with Gasteiger partial charge in [-0.3, -0.25) is 4.79 Å². The molecule has 140 valence electrons. The van der Waals surface area contributed by atoms with E-state index in [0.29, 0.717) is 23.9 Å². The standard InChI is InChI=1S/C22H19N3O2S/c1-14-19(24-20(27-14)15-8-3-2-4-9-15)22(26)25-13-7-11-17(25)21-23-16-10-5-6-12-18(16)28-21/h2-6,8-10,12,17H,7,11,13H2,1H3. The fraction of sp³-hybridized carbons (Fsp3) is 0.227. The normalized spacial score (nSPS) is 16.8. The van der Waals surface area contributed by atoms with Crippen molar-refractivity contribution in [2.75, 3.05) is 6.54 Å². The minimum absolute atomic E-state index is 0.00109. The maximum absolute atomic E-state index is 13.3. The molecule has 1 aliphatic rings. The van der Waals surface area contributed by atoms with E-state index < -0.39 is 0 Å². The van der Waals surface area contributed by atoms with Gasteiger partial charge in [0.15, 0.2) is 5.69 Å². The predicted octanol–water partition coefficient (Wildman–Crippen LogP) is 5.24. The molecule has 6 heteroatoms. The summed E-state index contributed by atoms with van der Waals surface area (Å²) in [6.07, 6.45) is 1.89. The van der Waals surface area contributed by atoms with Gasteiger partial charge >= 0.3 is 0 Å². The first-order valence-corrected chi connectivity index (χ1v) is 10.2. The summed E-state index contributed by atoms with van der Waals surface area (Å²) in [7, 11) is 0. The van der Waals surface area contributed by atoms with E-state index in [-0.39, 0.29) is 11.9 Å². The summed E-state index contributed by atoms with van der Waals surface area (Å²) < 4.78 is 6.95. The zero-order valence-corrected chi connectivity index (χ0v) is 16.3. The molecule has 28 heavy (non-hydrogen) atoms. The first kappa shape index (κ1) is 17.1. The molecule has 0 saturated carbocycles. The van der Waals surface area contributed by atoms with E-state index in [4.69, 9.17) is 9.40 Å². The summed E-state index contributed by atoms with van der Waals surface area (Å²) >= 11 is 1.67. The van der Waals surface area contributed by atoms with Crippen molar-refractivity contribution in [3.63, 3.8) is 0 Å². The lowest BCUT2D eigenvalue weighted by Crippen LogP contribution is -2.31.